The van der Waals surface area contributed by atoms with E-state index in [-0.39, 0.29) is 18.4 Å². The summed E-state index contributed by atoms with van der Waals surface area (Å²) in [6.07, 6.45) is 0. The van der Waals surface area contributed by atoms with Crippen LogP contribution in [0.2, 0.25) is 0 Å². The predicted molar refractivity (Wildman–Crippen MR) is 117 cm³/mol. The fourth-order valence-corrected chi connectivity index (χ4v) is 2.88. The second-order valence-corrected chi connectivity index (χ2v) is 6.87. The Morgan fingerprint density at radius 3 is 2.10 bits per heavy atom. The van der Waals surface area contributed by atoms with Gasteiger partial charge in [-0.25, -0.2) is 0 Å². The van der Waals surface area contributed by atoms with Gasteiger partial charge < -0.3 is 20.1 Å². The normalized spacial score (nSPS) is 10.2. The molecule has 2 N–H and O–H groups in total. The number of methoxy groups -OCH3 is 1. The van der Waals surface area contributed by atoms with E-state index in [0.717, 1.165) is 16.9 Å². The molecule has 0 aliphatic rings. The van der Waals surface area contributed by atoms with Crippen molar-refractivity contribution >= 4 is 23.2 Å². The first kappa shape index (κ1) is 20.9. The highest BCUT2D eigenvalue weighted by molar-refractivity contribution is 6.04. The smallest absolute Gasteiger partial charge is 0.262 e. The quantitative estimate of drug-likeness (QED) is 0.604. The molecule has 0 atom stereocenters. The van der Waals surface area contributed by atoms with Gasteiger partial charge in [0.05, 0.1) is 7.11 Å². The van der Waals surface area contributed by atoms with Crippen LogP contribution in [0.25, 0.3) is 0 Å². The summed E-state index contributed by atoms with van der Waals surface area (Å²) in [6.45, 7) is 3.85. The first-order valence-electron chi connectivity index (χ1n) is 9.50. The lowest BCUT2D eigenvalue weighted by Gasteiger charge is -2.11. The number of hydrogen-bond donors (Lipinski definition) is 2. The molecular weight excluding hydrogens is 380 g/mol. The summed E-state index contributed by atoms with van der Waals surface area (Å²) in [5.74, 6) is 0.887. The van der Waals surface area contributed by atoms with Crippen molar-refractivity contribution in [2.75, 3.05) is 24.4 Å². The Morgan fingerprint density at radius 1 is 0.833 bits per heavy atom. The number of carbonyl (C=O) groups is 2. The topological polar surface area (TPSA) is 76.7 Å². The molecule has 3 aromatic rings. The van der Waals surface area contributed by atoms with E-state index in [1.165, 1.54) is 0 Å². The number of carbonyl (C=O) groups excluding carboxylic acids is 2. The molecule has 2 amide bonds. The lowest BCUT2D eigenvalue weighted by Crippen LogP contribution is -2.20. The van der Waals surface area contributed by atoms with E-state index in [2.05, 4.69) is 10.6 Å². The summed E-state index contributed by atoms with van der Waals surface area (Å²) in [5.41, 5.74) is 3.86. The van der Waals surface area contributed by atoms with Crippen LogP contribution in [-0.2, 0) is 4.79 Å². The fourth-order valence-electron chi connectivity index (χ4n) is 2.88. The molecule has 154 valence electrons. The van der Waals surface area contributed by atoms with Gasteiger partial charge in [-0.1, -0.05) is 17.7 Å². The Kier molecular flexibility index (Phi) is 6.70. The van der Waals surface area contributed by atoms with E-state index in [4.69, 9.17) is 9.47 Å². The summed E-state index contributed by atoms with van der Waals surface area (Å²) in [7, 11) is 1.59. The van der Waals surface area contributed by atoms with Crippen LogP contribution in [0.3, 0.4) is 0 Å². The van der Waals surface area contributed by atoms with Crippen LogP contribution in [0.1, 0.15) is 21.5 Å². The van der Waals surface area contributed by atoms with Gasteiger partial charge in [0, 0.05) is 16.9 Å². The molecule has 0 heterocycles. The zero-order chi connectivity index (χ0) is 21.5. The third-order valence-electron chi connectivity index (χ3n) is 4.47. The van der Waals surface area contributed by atoms with Gasteiger partial charge in [-0.3, -0.25) is 9.59 Å². The maximum absolute atomic E-state index is 12.4. The van der Waals surface area contributed by atoms with Crippen molar-refractivity contribution in [1.82, 2.24) is 0 Å². The van der Waals surface area contributed by atoms with E-state index in [0.29, 0.717) is 22.7 Å². The molecule has 0 bridgehead atoms. The molecule has 6 nitrogen and oxygen atoms in total. The van der Waals surface area contributed by atoms with Gasteiger partial charge in [0.1, 0.15) is 11.5 Å². The highest BCUT2D eigenvalue weighted by atomic mass is 16.5. The number of rotatable bonds is 7. The number of nitrogens with one attached hydrogen (secondary N) is 2. The minimum Gasteiger partial charge on any atom is -0.497 e. The number of hydrogen-bond acceptors (Lipinski definition) is 4. The number of aryl methyl sites for hydroxylation is 2. The van der Waals surface area contributed by atoms with Gasteiger partial charge in [-0.15, -0.1) is 0 Å². The third kappa shape index (κ3) is 5.61. The molecule has 0 radical (unpaired) electrons. The Labute approximate surface area is 175 Å². The molecule has 0 saturated carbocycles. The number of anilines is 2. The van der Waals surface area contributed by atoms with Crippen molar-refractivity contribution in [3.63, 3.8) is 0 Å². The van der Waals surface area contributed by atoms with Gasteiger partial charge in [-0.05, 0) is 74.0 Å². The van der Waals surface area contributed by atoms with Crippen LogP contribution in [0.4, 0.5) is 11.4 Å². The van der Waals surface area contributed by atoms with Crippen LogP contribution in [0.5, 0.6) is 11.5 Å². The Balaban J connectivity index is 1.52. The highest BCUT2D eigenvalue weighted by Crippen LogP contribution is 2.19. The molecule has 0 aromatic heterocycles. The molecule has 0 saturated heterocycles. The van der Waals surface area contributed by atoms with E-state index in [1.54, 1.807) is 55.6 Å². The first-order chi connectivity index (χ1) is 14.4. The largest absolute Gasteiger partial charge is 0.497 e. The van der Waals surface area contributed by atoms with Crippen LogP contribution in [0, 0.1) is 13.8 Å². The summed E-state index contributed by atoms with van der Waals surface area (Å²) >= 11 is 0. The monoisotopic (exact) mass is 404 g/mol. The highest BCUT2D eigenvalue weighted by Gasteiger charge is 2.09. The van der Waals surface area contributed by atoms with Gasteiger partial charge in [0.2, 0.25) is 0 Å². The molecule has 0 aliphatic carbocycles. The van der Waals surface area contributed by atoms with Crippen LogP contribution < -0.4 is 20.1 Å². The number of amides is 2. The molecule has 0 aliphatic heterocycles. The van der Waals surface area contributed by atoms with Crippen molar-refractivity contribution in [1.29, 1.82) is 0 Å². The molecule has 0 unspecified atom stereocenters. The maximum atomic E-state index is 12.4. The fraction of sp³-hybridized carbons (Fsp3) is 0.167. The standard InChI is InChI=1S/C24H24N2O4/c1-16-4-13-22(17(2)14-16)30-15-23(27)25-19-7-5-18(6-8-19)24(28)26-20-9-11-21(29-3)12-10-20/h4-14H,15H2,1-3H3,(H,25,27)(H,26,28). The van der Waals surface area contributed by atoms with Crippen molar-refractivity contribution < 1.29 is 19.1 Å². The zero-order valence-electron chi connectivity index (χ0n) is 17.2. The lowest BCUT2D eigenvalue weighted by atomic mass is 10.1. The van der Waals surface area contributed by atoms with Gasteiger partial charge in [0.15, 0.2) is 6.61 Å². The second-order valence-electron chi connectivity index (χ2n) is 6.87. The summed E-state index contributed by atoms with van der Waals surface area (Å²) in [6, 6.07) is 19.5. The average Bonchev–Trinajstić information content (AvgIpc) is 2.74. The van der Waals surface area contributed by atoms with Gasteiger partial charge in [0.25, 0.3) is 11.8 Å². The van der Waals surface area contributed by atoms with Crippen LogP contribution in [0.15, 0.2) is 66.7 Å². The molecule has 0 fully saturated rings. The van der Waals surface area contributed by atoms with E-state index < -0.39 is 0 Å². The minimum atomic E-state index is -0.273. The van der Waals surface area contributed by atoms with Crippen molar-refractivity contribution in [3.8, 4) is 11.5 Å². The molecule has 3 aromatic carbocycles. The Hall–Kier alpha value is -3.80. The predicted octanol–water partition coefficient (Wildman–Crippen LogP) is 4.58. The van der Waals surface area contributed by atoms with E-state index in [1.807, 2.05) is 32.0 Å². The molecular formula is C24H24N2O4. The lowest BCUT2D eigenvalue weighted by molar-refractivity contribution is -0.118. The van der Waals surface area contributed by atoms with Gasteiger partial charge >= 0.3 is 0 Å². The summed E-state index contributed by atoms with van der Waals surface area (Å²) in [5, 5.41) is 5.58. The van der Waals surface area contributed by atoms with Gasteiger partial charge in [-0.2, -0.15) is 0 Å². The summed E-state index contributed by atoms with van der Waals surface area (Å²) in [4.78, 5) is 24.5. The molecule has 30 heavy (non-hydrogen) atoms. The SMILES string of the molecule is COc1ccc(NC(=O)c2ccc(NC(=O)COc3ccc(C)cc3C)cc2)cc1. The van der Waals surface area contributed by atoms with Crippen molar-refractivity contribution in [2.24, 2.45) is 0 Å². The van der Waals surface area contributed by atoms with E-state index >= 15 is 0 Å². The third-order valence-corrected chi connectivity index (χ3v) is 4.47. The number of ether oxygens (including phenoxy) is 2. The molecule has 6 heteroatoms. The molecule has 3 rings (SSSR count). The maximum Gasteiger partial charge on any atom is 0.262 e. The van der Waals surface area contributed by atoms with Crippen LogP contribution in [-0.4, -0.2) is 25.5 Å². The summed E-state index contributed by atoms with van der Waals surface area (Å²) < 4.78 is 10.7. The second kappa shape index (κ2) is 9.60. The Bertz CT molecular complexity index is 1030. The number of benzene rings is 3. The minimum absolute atomic E-state index is 0.0936. The molecule has 0 spiro atoms. The van der Waals surface area contributed by atoms with Crippen molar-refractivity contribution in [3.05, 3.63) is 83.4 Å². The van der Waals surface area contributed by atoms with Crippen LogP contribution >= 0.6 is 0 Å². The first-order valence-corrected chi connectivity index (χ1v) is 9.50. The van der Waals surface area contributed by atoms with E-state index in [9.17, 15) is 9.59 Å². The van der Waals surface area contributed by atoms with Crippen molar-refractivity contribution in [2.45, 2.75) is 13.8 Å². The Morgan fingerprint density at radius 2 is 1.47 bits per heavy atom. The average molecular weight is 404 g/mol. The zero-order valence-corrected chi connectivity index (χ0v) is 17.2.